The standard InChI is InChI=1S/C7H12O2.C4H6O2.C4H10O/c1-4-7(8)9-5-6(2)3;1-3-4(5)6-2;1-4(2)3-5/h4,6H,1,5H2,2-3H3;3H,1H2,2H3;4-5H,3H2,1-2H3. The predicted molar refractivity (Wildman–Crippen MR) is 80.1 cm³/mol. The Kier molecular flexibility index (Phi) is 20.4. The molecular formula is C15H28O5. The Morgan fingerprint density at radius 1 is 1.05 bits per heavy atom. The molecular weight excluding hydrogens is 260 g/mol. The topological polar surface area (TPSA) is 72.8 Å². The van der Waals surface area contributed by atoms with Crippen molar-refractivity contribution in [3.05, 3.63) is 25.3 Å². The molecule has 5 heteroatoms. The Morgan fingerprint density at radius 2 is 1.45 bits per heavy atom. The van der Waals surface area contributed by atoms with E-state index in [2.05, 4.69) is 17.9 Å². The van der Waals surface area contributed by atoms with Crippen molar-refractivity contribution < 1.29 is 24.2 Å². The number of hydrogen-bond donors (Lipinski definition) is 1. The van der Waals surface area contributed by atoms with Gasteiger partial charge in [0.15, 0.2) is 0 Å². The summed E-state index contributed by atoms with van der Waals surface area (Å²) in [5.74, 6) is 0.0996. The highest BCUT2D eigenvalue weighted by Gasteiger charge is 1.96. The lowest BCUT2D eigenvalue weighted by Gasteiger charge is -2.02. The number of rotatable bonds is 5. The van der Waals surface area contributed by atoms with Gasteiger partial charge in [-0.05, 0) is 11.8 Å². The van der Waals surface area contributed by atoms with Crippen molar-refractivity contribution in [2.45, 2.75) is 27.7 Å². The van der Waals surface area contributed by atoms with Crippen molar-refractivity contribution in [1.29, 1.82) is 0 Å². The lowest BCUT2D eigenvalue weighted by molar-refractivity contribution is -0.138. The monoisotopic (exact) mass is 288 g/mol. The number of hydrogen-bond acceptors (Lipinski definition) is 5. The quantitative estimate of drug-likeness (QED) is 0.621. The molecule has 0 spiro atoms. The second-order valence-electron chi connectivity index (χ2n) is 4.53. The van der Waals surface area contributed by atoms with Crippen LogP contribution in [0.3, 0.4) is 0 Å². The number of esters is 2. The summed E-state index contributed by atoms with van der Waals surface area (Å²) in [6.45, 7) is 15.1. The van der Waals surface area contributed by atoms with Crippen LogP contribution >= 0.6 is 0 Å². The third kappa shape index (κ3) is 29.9. The number of ether oxygens (including phenoxy) is 2. The van der Waals surface area contributed by atoms with Gasteiger partial charge in [-0.2, -0.15) is 0 Å². The highest BCUT2D eigenvalue weighted by molar-refractivity contribution is 5.81. The van der Waals surface area contributed by atoms with Crippen molar-refractivity contribution in [2.75, 3.05) is 20.3 Å². The van der Waals surface area contributed by atoms with Gasteiger partial charge in [-0.25, -0.2) is 9.59 Å². The zero-order chi connectivity index (χ0) is 16.6. The van der Waals surface area contributed by atoms with Crippen LogP contribution in [0.2, 0.25) is 0 Å². The highest BCUT2D eigenvalue weighted by atomic mass is 16.5. The fraction of sp³-hybridized carbons (Fsp3) is 0.600. The number of aliphatic hydroxyl groups excluding tert-OH is 1. The number of carbonyl (C=O) groups excluding carboxylic acids is 2. The van der Waals surface area contributed by atoms with E-state index in [-0.39, 0.29) is 5.97 Å². The molecule has 20 heavy (non-hydrogen) atoms. The minimum atomic E-state index is -0.394. The number of aliphatic hydroxyl groups is 1. The van der Waals surface area contributed by atoms with E-state index in [4.69, 9.17) is 9.84 Å². The van der Waals surface area contributed by atoms with Crippen molar-refractivity contribution >= 4 is 11.9 Å². The molecule has 0 atom stereocenters. The fourth-order valence-electron chi connectivity index (χ4n) is 0.391. The van der Waals surface area contributed by atoms with Gasteiger partial charge >= 0.3 is 11.9 Å². The first kappa shape index (κ1) is 23.5. The maximum absolute atomic E-state index is 10.4. The molecule has 0 bridgehead atoms. The van der Waals surface area contributed by atoms with E-state index in [1.165, 1.54) is 13.2 Å². The molecule has 0 fully saturated rings. The van der Waals surface area contributed by atoms with Gasteiger partial charge in [-0.3, -0.25) is 0 Å². The first-order valence-corrected chi connectivity index (χ1v) is 6.35. The Morgan fingerprint density at radius 3 is 1.60 bits per heavy atom. The summed E-state index contributed by atoms with van der Waals surface area (Å²) in [4.78, 5) is 20.2. The second kappa shape index (κ2) is 17.4. The second-order valence-corrected chi connectivity index (χ2v) is 4.53. The maximum atomic E-state index is 10.4. The smallest absolute Gasteiger partial charge is 0.330 e. The molecule has 0 aromatic rings. The molecule has 118 valence electrons. The molecule has 0 radical (unpaired) electrons. The Hall–Kier alpha value is -1.62. The van der Waals surface area contributed by atoms with Crippen LogP contribution in [0.5, 0.6) is 0 Å². The Balaban J connectivity index is -0.000000230. The van der Waals surface area contributed by atoms with Crippen molar-refractivity contribution in [2.24, 2.45) is 11.8 Å². The minimum absolute atomic E-state index is 0.306. The summed E-state index contributed by atoms with van der Waals surface area (Å²) in [5, 5.41) is 8.14. The molecule has 5 nitrogen and oxygen atoms in total. The van der Waals surface area contributed by atoms with Crippen LogP contribution in [0.1, 0.15) is 27.7 Å². The maximum Gasteiger partial charge on any atom is 0.330 e. The molecule has 0 heterocycles. The van der Waals surface area contributed by atoms with Crippen LogP contribution in [0.15, 0.2) is 25.3 Å². The first-order valence-electron chi connectivity index (χ1n) is 6.35. The predicted octanol–water partition coefficient (Wildman–Crippen LogP) is 2.35. The lowest BCUT2D eigenvalue weighted by atomic mass is 10.2. The molecule has 0 unspecified atom stereocenters. The summed E-state index contributed by atoms with van der Waals surface area (Å²) in [5.41, 5.74) is 0. The molecule has 0 aliphatic carbocycles. The molecule has 0 aliphatic rings. The number of carbonyl (C=O) groups is 2. The zero-order valence-electron chi connectivity index (χ0n) is 13.2. The lowest BCUT2D eigenvalue weighted by Crippen LogP contribution is -2.06. The van der Waals surface area contributed by atoms with Crippen LogP contribution in [-0.4, -0.2) is 37.4 Å². The third-order valence-corrected chi connectivity index (χ3v) is 1.46. The Bertz CT molecular complexity index is 269. The van der Waals surface area contributed by atoms with Crippen LogP contribution < -0.4 is 0 Å². The van der Waals surface area contributed by atoms with Crippen LogP contribution in [-0.2, 0) is 19.1 Å². The first-order chi connectivity index (χ1) is 9.24. The fourth-order valence-corrected chi connectivity index (χ4v) is 0.391. The van der Waals surface area contributed by atoms with Gasteiger partial charge in [0.2, 0.25) is 0 Å². The van der Waals surface area contributed by atoms with E-state index in [1.54, 1.807) is 0 Å². The van der Waals surface area contributed by atoms with Gasteiger partial charge in [0.25, 0.3) is 0 Å². The van der Waals surface area contributed by atoms with Crippen molar-refractivity contribution in [1.82, 2.24) is 0 Å². The van der Waals surface area contributed by atoms with E-state index in [0.29, 0.717) is 25.0 Å². The third-order valence-electron chi connectivity index (χ3n) is 1.46. The SMILES string of the molecule is C=CC(=O)OC.C=CC(=O)OCC(C)C.CC(C)CO. The normalized spacial score (nSPS) is 8.60. The summed E-state index contributed by atoms with van der Waals surface area (Å²) in [6, 6.07) is 0. The molecule has 0 aliphatic heterocycles. The van der Waals surface area contributed by atoms with Crippen molar-refractivity contribution in [3.63, 3.8) is 0 Å². The van der Waals surface area contributed by atoms with Gasteiger partial charge in [-0.1, -0.05) is 40.9 Å². The molecule has 1 N–H and O–H groups in total. The van der Waals surface area contributed by atoms with Gasteiger partial charge in [0.1, 0.15) is 0 Å². The van der Waals surface area contributed by atoms with E-state index >= 15 is 0 Å². The van der Waals surface area contributed by atoms with Gasteiger partial charge in [0, 0.05) is 18.8 Å². The zero-order valence-corrected chi connectivity index (χ0v) is 13.2. The van der Waals surface area contributed by atoms with E-state index in [1.807, 2.05) is 27.7 Å². The van der Waals surface area contributed by atoms with Crippen LogP contribution in [0.25, 0.3) is 0 Å². The van der Waals surface area contributed by atoms with Gasteiger partial charge in [0.05, 0.1) is 13.7 Å². The van der Waals surface area contributed by atoms with Gasteiger partial charge < -0.3 is 14.6 Å². The molecule has 0 saturated carbocycles. The average molecular weight is 288 g/mol. The summed E-state index contributed by atoms with van der Waals surface area (Å²) in [7, 11) is 1.31. The summed E-state index contributed by atoms with van der Waals surface area (Å²) in [6.07, 6.45) is 2.28. The summed E-state index contributed by atoms with van der Waals surface area (Å²) < 4.78 is 8.84. The van der Waals surface area contributed by atoms with E-state index in [0.717, 1.165) is 6.08 Å². The van der Waals surface area contributed by atoms with Crippen LogP contribution in [0, 0.1) is 11.8 Å². The van der Waals surface area contributed by atoms with Crippen LogP contribution in [0.4, 0.5) is 0 Å². The molecule has 0 saturated heterocycles. The largest absolute Gasteiger partial charge is 0.466 e. The average Bonchev–Trinajstić information content (AvgIpc) is 2.44. The number of methoxy groups -OCH3 is 1. The van der Waals surface area contributed by atoms with Gasteiger partial charge in [-0.15, -0.1) is 0 Å². The summed E-state index contributed by atoms with van der Waals surface area (Å²) >= 11 is 0. The van der Waals surface area contributed by atoms with E-state index < -0.39 is 5.97 Å². The Labute approximate surface area is 122 Å². The van der Waals surface area contributed by atoms with E-state index in [9.17, 15) is 9.59 Å². The van der Waals surface area contributed by atoms with Crippen molar-refractivity contribution in [3.8, 4) is 0 Å². The minimum Gasteiger partial charge on any atom is -0.466 e. The molecule has 0 aromatic carbocycles. The molecule has 0 amide bonds. The molecule has 0 aromatic heterocycles. The highest BCUT2D eigenvalue weighted by Crippen LogP contribution is 1.92. The molecule has 0 rings (SSSR count).